The topological polar surface area (TPSA) is 80.9 Å². The van der Waals surface area contributed by atoms with Crippen molar-refractivity contribution in [1.82, 2.24) is 10.2 Å². The molecule has 0 bridgehead atoms. The highest BCUT2D eigenvalue weighted by Crippen LogP contribution is 2.07. The van der Waals surface area contributed by atoms with Crippen LogP contribution in [0.15, 0.2) is 16.4 Å². The van der Waals surface area contributed by atoms with Crippen molar-refractivity contribution in [3.8, 4) is 0 Å². The second-order valence-corrected chi connectivity index (χ2v) is 4.85. The maximum atomic E-state index is 9.64. The number of hydrogen-bond donors (Lipinski definition) is 3. The molecule has 6 heteroatoms. The number of allylic oxidation sites excluding steroid dienone is 1. The van der Waals surface area contributed by atoms with Crippen molar-refractivity contribution in [2.75, 3.05) is 20.2 Å². The summed E-state index contributed by atoms with van der Waals surface area (Å²) in [6.45, 7) is 12.1. The fraction of sp³-hybridized carbons (Fsp3) is 0.714. The zero-order valence-electron chi connectivity index (χ0n) is 13.2. The first-order valence-electron chi connectivity index (χ1n) is 6.83. The molecule has 0 spiro atoms. The van der Waals surface area contributed by atoms with Crippen LogP contribution in [0.5, 0.6) is 0 Å². The average molecular weight is 284 g/mol. The van der Waals surface area contributed by atoms with Gasteiger partial charge in [0.15, 0.2) is 0 Å². The predicted molar refractivity (Wildman–Crippen MR) is 83.1 cm³/mol. The number of nitrogens with zero attached hydrogens (tertiary/aromatic N) is 2. The first-order valence-corrected chi connectivity index (χ1v) is 6.83. The Morgan fingerprint density at radius 2 is 2.10 bits per heavy atom. The fourth-order valence-corrected chi connectivity index (χ4v) is 1.54. The first kappa shape index (κ1) is 18.8. The molecule has 0 rings (SSSR count). The summed E-state index contributed by atoms with van der Waals surface area (Å²) in [5.74, 6) is 0.637. The van der Waals surface area contributed by atoms with Crippen LogP contribution in [0.4, 0.5) is 0 Å². The third-order valence-corrected chi connectivity index (χ3v) is 3.07. The molecule has 2 unspecified atom stereocenters. The molecule has 0 saturated heterocycles. The number of ether oxygens (including phenoxy) is 1. The summed E-state index contributed by atoms with van der Waals surface area (Å²) in [6.07, 6.45) is -0.0606. The molecule has 3 N–H and O–H groups in total. The van der Waals surface area contributed by atoms with E-state index in [1.54, 1.807) is 11.8 Å². The Labute approximate surface area is 122 Å². The number of rotatable bonds is 10. The summed E-state index contributed by atoms with van der Waals surface area (Å²) in [5, 5.41) is 20.5. The highest BCUT2D eigenvalue weighted by Gasteiger charge is 2.13. The van der Waals surface area contributed by atoms with Crippen LogP contribution < -0.4 is 5.32 Å². The van der Waals surface area contributed by atoms with E-state index in [2.05, 4.69) is 17.0 Å². The lowest BCUT2D eigenvalue weighted by Gasteiger charge is -2.25. The zero-order chi connectivity index (χ0) is 15.7. The summed E-state index contributed by atoms with van der Waals surface area (Å²) in [7, 11) is 1.81. The lowest BCUT2D eigenvalue weighted by Crippen LogP contribution is -2.37. The van der Waals surface area contributed by atoms with Gasteiger partial charge in [-0.15, -0.1) is 0 Å². The van der Waals surface area contributed by atoms with Crippen molar-refractivity contribution in [1.29, 1.82) is 5.41 Å². The van der Waals surface area contributed by atoms with Crippen LogP contribution in [-0.2, 0) is 4.74 Å². The lowest BCUT2D eigenvalue weighted by molar-refractivity contribution is -0.182. The Balaban J connectivity index is 4.35. The quantitative estimate of drug-likeness (QED) is 0.420. The molecule has 116 valence electrons. The van der Waals surface area contributed by atoms with Gasteiger partial charge in [0, 0.05) is 30.5 Å². The molecule has 0 saturated carbocycles. The minimum absolute atomic E-state index is 0.154. The summed E-state index contributed by atoms with van der Waals surface area (Å²) in [4.78, 5) is 5.67. The van der Waals surface area contributed by atoms with Gasteiger partial charge in [-0.25, -0.2) is 4.99 Å². The average Bonchev–Trinajstić information content (AvgIpc) is 2.41. The molecule has 0 aliphatic rings. The van der Waals surface area contributed by atoms with Crippen molar-refractivity contribution in [3.05, 3.63) is 11.4 Å². The number of aliphatic hydroxyl groups excluding tert-OH is 1. The highest BCUT2D eigenvalue weighted by molar-refractivity contribution is 5.95. The Hall–Kier alpha value is -1.24. The SMILES string of the molecule is C=N/C(NC(C)CCN(C)C(O)OCC)=C(/C)C(C)=N. The van der Waals surface area contributed by atoms with E-state index >= 15 is 0 Å². The lowest BCUT2D eigenvalue weighted by atomic mass is 10.2. The number of hydrogen-bond acceptors (Lipinski definition) is 6. The second-order valence-electron chi connectivity index (χ2n) is 4.85. The van der Waals surface area contributed by atoms with Crippen LogP contribution in [0.2, 0.25) is 0 Å². The molecule has 0 heterocycles. The van der Waals surface area contributed by atoms with Crippen molar-refractivity contribution >= 4 is 12.4 Å². The second kappa shape index (κ2) is 9.63. The van der Waals surface area contributed by atoms with Crippen LogP contribution in [0.3, 0.4) is 0 Å². The minimum Gasteiger partial charge on any atom is -0.367 e. The van der Waals surface area contributed by atoms with Gasteiger partial charge in [-0.05, 0) is 47.9 Å². The van der Waals surface area contributed by atoms with Gasteiger partial charge in [0.2, 0.25) is 6.41 Å². The van der Waals surface area contributed by atoms with E-state index in [1.807, 2.05) is 27.8 Å². The standard InChI is InChI=1S/C14H28N4O2/c1-7-20-14(19)18(6)9-8-10(2)17-13(16-5)11(3)12(4)15/h10,14-15,17,19H,5,7-9H2,1-4,6H3/b13-11+,15-12?. The Bertz CT molecular complexity index is 355. The molecule has 0 amide bonds. The van der Waals surface area contributed by atoms with Gasteiger partial charge >= 0.3 is 0 Å². The number of nitrogens with one attached hydrogen (secondary N) is 2. The van der Waals surface area contributed by atoms with E-state index < -0.39 is 6.41 Å². The molecule has 0 fully saturated rings. The summed E-state index contributed by atoms with van der Waals surface area (Å²) < 4.78 is 5.10. The van der Waals surface area contributed by atoms with E-state index in [9.17, 15) is 5.11 Å². The predicted octanol–water partition coefficient (Wildman–Crippen LogP) is 1.57. The maximum absolute atomic E-state index is 9.64. The smallest absolute Gasteiger partial charge is 0.215 e. The van der Waals surface area contributed by atoms with Crippen LogP contribution >= 0.6 is 0 Å². The van der Waals surface area contributed by atoms with Crippen LogP contribution in [-0.4, -0.2) is 55.1 Å². The van der Waals surface area contributed by atoms with Gasteiger partial charge in [-0.3, -0.25) is 4.90 Å². The molecule has 2 atom stereocenters. The van der Waals surface area contributed by atoms with E-state index in [1.165, 1.54) is 0 Å². The monoisotopic (exact) mass is 284 g/mol. The summed E-state index contributed by atoms with van der Waals surface area (Å²) in [6, 6.07) is 0.154. The van der Waals surface area contributed by atoms with E-state index in [4.69, 9.17) is 10.1 Å². The maximum Gasteiger partial charge on any atom is 0.215 e. The molecule has 6 nitrogen and oxygen atoms in total. The van der Waals surface area contributed by atoms with Crippen molar-refractivity contribution < 1.29 is 9.84 Å². The molecule has 0 aliphatic carbocycles. The van der Waals surface area contributed by atoms with Crippen molar-refractivity contribution in [2.24, 2.45) is 4.99 Å². The molecular formula is C14H28N4O2. The molecule has 0 aromatic heterocycles. The highest BCUT2D eigenvalue weighted by atomic mass is 16.6. The third-order valence-electron chi connectivity index (χ3n) is 3.07. The van der Waals surface area contributed by atoms with E-state index in [0.29, 0.717) is 24.7 Å². The van der Waals surface area contributed by atoms with Crippen LogP contribution in [0.1, 0.15) is 34.1 Å². The molecule has 0 aromatic carbocycles. The minimum atomic E-state index is -0.870. The van der Waals surface area contributed by atoms with Gasteiger partial charge in [0.1, 0.15) is 5.82 Å². The third kappa shape index (κ3) is 6.79. The molecule has 20 heavy (non-hydrogen) atoms. The molecule has 0 radical (unpaired) electrons. The van der Waals surface area contributed by atoms with E-state index in [-0.39, 0.29) is 6.04 Å². The first-order chi connectivity index (χ1) is 9.33. The van der Waals surface area contributed by atoms with Gasteiger partial charge < -0.3 is 20.6 Å². The number of aliphatic imine (C=N–C) groups is 1. The van der Waals surface area contributed by atoms with E-state index in [0.717, 1.165) is 12.0 Å². The molecular weight excluding hydrogens is 256 g/mol. The molecule has 0 aliphatic heterocycles. The van der Waals surface area contributed by atoms with Crippen LogP contribution in [0.25, 0.3) is 0 Å². The van der Waals surface area contributed by atoms with Crippen LogP contribution in [0, 0.1) is 5.41 Å². The van der Waals surface area contributed by atoms with Gasteiger partial charge in [0.25, 0.3) is 0 Å². The van der Waals surface area contributed by atoms with Gasteiger partial charge in [0.05, 0.1) is 0 Å². The van der Waals surface area contributed by atoms with Gasteiger partial charge in [-0.2, -0.15) is 0 Å². The fourth-order valence-electron chi connectivity index (χ4n) is 1.54. The Kier molecular flexibility index (Phi) is 9.03. The zero-order valence-corrected chi connectivity index (χ0v) is 13.2. The Morgan fingerprint density at radius 1 is 1.50 bits per heavy atom. The normalized spacial score (nSPS) is 15.6. The van der Waals surface area contributed by atoms with Crippen molar-refractivity contribution in [2.45, 2.75) is 46.6 Å². The largest absolute Gasteiger partial charge is 0.367 e. The van der Waals surface area contributed by atoms with Crippen molar-refractivity contribution in [3.63, 3.8) is 0 Å². The summed E-state index contributed by atoms with van der Waals surface area (Å²) >= 11 is 0. The summed E-state index contributed by atoms with van der Waals surface area (Å²) in [5.41, 5.74) is 1.26. The molecule has 0 aromatic rings. The number of aliphatic hydroxyl groups is 1. The Morgan fingerprint density at radius 3 is 2.55 bits per heavy atom. The van der Waals surface area contributed by atoms with Gasteiger partial charge in [-0.1, -0.05) is 0 Å².